The van der Waals surface area contributed by atoms with Crippen LogP contribution in [-0.4, -0.2) is 49.1 Å². The molecule has 1 rings (SSSR count). The van der Waals surface area contributed by atoms with Gasteiger partial charge in [0.25, 0.3) is 0 Å². The van der Waals surface area contributed by atoms with Crippen molar-refractivity contribution in [3.63, 3.8) is 0 Å². The first-order valence-electron chi connectivity index (χ1n) is 5.07. The van der Waals surface area contributed by atoms with Crippen LogP contribution in [0, 0.1) is 6.92 Å². The molecule has 84 valence electrons. The Bertz CT molecular complexity index is 237. The van der Waals surface area contributed by atoms with Crippen LogP contribution in [0.4, 0.5) is 0 Å². The third kappa shape index (κ3) is 3.51. The molecule has 0 bridgehead atoms. The highest BCUT2D eigenvalue weighted by atomic mass is 16.5. The SMILES string of the molecule is [CH]C(=O)NC(CC)C(=O)N1CCOCC1. The third-order valence-corrected chi connectivity index (χ3v) is 2.35. The first-order chi connectivity index (χ1) is 7.15. The Morgan fingerprint density at radius 3 is 2.53 bits per heavy atom. The van der Waals surface area contributed by atoms with Crippen molar-refractivity contribution in [1.82, 2.24) is 10.2 Å². The maximum absolute atomic E-state index is 11.9. The minimum Gasteiger partial charge on any atom is -0.378 e. The van der Waals surface area contributed by atoms with Crippen molar-refractivity contribution < 1.29 is 14.3 Å². The fraction of sp³-hybridized carbons (Fsp3) is 0.700. The maximum Gasteiger partial charge on any atom is 0.245 e. The van der Waals surface area contributed by atoms with Crippen molar-refractivity contribution in [2.45, 2.75) is 19.4 Å². The van der Waals surface area contributed by atoms with Crippen molar-refractivity contribution >= 4 is 11.8 Å². The Labute approximate surface area is 89.8 Å². The van der Waals surface area contributed by atoms with Gasteiger partial charge in [0.05, 0.1) is 20.1 Å². The molecule has 1 heterocycles. The fourth-order valence-corrected chi connectivity index (χ4v) is 1.51. The Hall–Kier alpha value is -1.10. The van der Waals surface area contributed by atoms with E-state index < -0.39 is 11.9 Å². The number of nitrogens with zero attached hydrogens (tertiary/aromatic N) is 1. The summed E-state index contributed by atoms with van der Waals surface area (Å²) in [5.74, 6) is -0.747. The summed E-state index contributed by atoms with van der Waals surface area (Å²) in [5.41, 5.74) is 0. The lowest BCUT2D eigenvalue weighted by Gasteiger charge is -2.30. The van der Waals surface area contributed by atoms with Crippen LogP contribution in [0.1, 0.15) is 13.3 Å². The topological polar surface area (TPSA) is 58.6 Å². The summed E-state index contributed by atoms with van der Waals surface area (Å²) in [6.45, 7) is 9.09. The zero-order chi connectivity index (χ0) is 11.3. The average Bonchev–Trinajstić information content (AvgIpc) is 2.26. The van der Waals surface area contributed by atoms with E-state index in [0.717, 1.165) is 0 Å². The quantitative estimate of drug-likeness (QED) is 0.683. The summed E-state index contributed by atoms with van der Waals surface area (Å²) in [4.78, 5) is 24.2. The van der Waals surface area contributed by atoms with Gasteiger partial charge in [-0.25, -0.2) is 0 Å². The lowest BCUT2D eigenvalue weighted by atomic mass is 10.2. The minimum atomic E-state index is -0.663. The van der Waals surface area contributed by atoms with Crippen LogP contribution >= 0.6 is 0 Å². The van der Waals surface area contributed by atoms with Crippen LogP contribution < -0.4 is 5.32 Å². The largest absolute Gasteiger partial charge is 0.378 e. The Morgan fingerprint density at radius 1 is 1.47 bits per heavy atom. The van der Waals surface area contributed by atoms with Crippen LogP contribution in [0.25, 0.3) is 0 Å². The van der Waals surface area contributed by atoms with E-state index in [1.807, 2.05) is 6.92 Å². The average molecular weight is 212 g/mol. The second-order valence-corrected chi connectivity index (χ2v) is 3.41. The smallest absolute Gasteiger partial charge is 0.245 e. The summed E-state index contributed by atoms with van der Waals surface area (Å²) in [6.07, 6.45) is 0.541. The Morgan fingerprint density at radius 2 is 2.07 bits per heavy atom. The monoisotopic (exact) mass is 212 g/mol. The van der Waals surface area contributed by atoms with Crippen LogP contribution in [0.5, 0.6) is 0 Å². The normalized spacial score (nSPS) is 18.4. The Kier molecular flexibility index (Phi) is 4.55. The van der Waals surface area contributed by atoms with E-state index in [2.05, 4.69) is 5.32 Å². The highest BCUT2D eigenvalue weighted by molar-refractivity contribution is 5.89. The van der Waals surface area contributed by atoms with Gasteiger partial charge < -0.3 is 15.0 Å². The number of carbonyl (C=O) groups excluding carboxylic acids is 2. The molecule has 5 nitrogen and oxygen atoms in total. The molecule has 0 saturated carbocycles. The van der Waals surface area contributed by atoms with Crippen molar-refractivity contribution in [3.05, 3.63) is 6.92 Å². The second kappa shape index (κ2) is 5.70. The Balaban J connectivity index is 2.50. The molecule has 1 aliphatic heterocycles. The van der Waals surface area contributed by atoms with Gasteiger partial charge in [-0.2, -0.15) is 0 Å². The van der Waals surface area contributed by atoms with Gasteiger partial charge in [-0.05, 0) is 6.42 Å². The molecule has 15 heavy (non-hydrogen) atoms. The molecule has 0 aromatic rings. The number of hydrogen-bond donors (Lipinski definition) is 1. The number of nitrogens with one attached hydrogen (secondary N) is 1. The summed E-state index contributed by atoms with van der Waals surface area (Å²) >= 11 is 0. The molecule has 1 unspecified atom stereocenters. The number of carbonyl (C=O) groups is 2. The molecule has 0 aromatic heterocycles. The van der Waals surface area contributed by atoms with E-state index in [1.165, 1.54) is 0 Å². The zero-order valence-electron chi connectivity index (χ0n) is 8.86. The summed E-state index contributed by atoms with van der Waals surface area (Å²) in [7, 11) is 0. The molecular weight excluding hydrogens is 196 g/mol. The predicted octanol–water partition coefficient (Wildman–Crippen LogP) is -0.549. The molecular formula is C10H16N2O3. The summed E-state index contributed by atoms with van der Waals surface area (Å²) in [5, 5.41) is 2.43. The molecule has 1 N–H and O–H groups in total. The van der Waals surface area contributed by atoms with Crippen molar-refractivity contribution in [2.24, 2.45) is 0 Å². The number of morpholine rings is 1. The first kappa shape index (κ1) is 12.0. The van der Waals surface area contributed by atoms with Gasteiger partial charge in [0, 0.05) is 13.1 Å². The van der Waals surface area contributed by atoms with E-state index in [-0.39, 0.29) is 5.91 Å². The number of rotatable bonds is 3. The van der Waals surface area contributed by atoms with Gasteiger partial charge in [-0.1, -0.05) is 6.92 Å². The molecule has 1 fully saturated rings. The summed E-state index contributed by atoms with van der Waals surface area (Å²) < 4.78 is 5.14. The van der Waals surface area contributed by atoms with Gasteiger partial charge in [-0.15, -0.1) is 0 Å². The van der Waals surface area contributed by atoms with Gasteiger partial charge in [0.2, 0.25) is 11.8 Å². The van der Waals surface area contributed by atoms with Gasteiger partial charge in [0.15, 0.2) is 0 Å². The lowest BCUT2D eigenvalue weighted by Crippen LogP contribution is -2.51. The van der Waals surface area contributed by atoms with Crippen LogP contribution in [0.3, 0.4) is 0 Å². The molecule has 1 aliphatic rings. The van der Waals surface area contributed by atoms with Gasteiger partial charge in [-0.3, -0.25) is 9.59 Å². The van der Waals surface area contributed by atoms with E-state index in [1.54, 1.807) is 4.90 Å². The van der Waals surface area contributed by atoms with Crippen molar-refractivity contribution in [3.8, 4) is 0 Å². The molecule has 2 radical (unpaired) electrons. The second-order valence-electron chi connectivity index (χ2n) is 3.41. The minimum absolute atomic E-state index is 0.0837. The third-order valence-electron chi connectivity index (χ3n) is 2.35. The molecule has 0 spiro atoms. The fourth-order valence-electron chi connectivity index (χ4n) is 1.51. The highest BCUT2D eigenvalue weighted by Crippen LogP contribution is 2.03. The standard InChI is InChI=1S/C10H16N2O3/c1-3-9(11-8(2)13)10(14)12-4-6-15-7-5-12/h2,9H,3-7H2,1H3,(H,11,13). The van der Waals surface area contributed by atoms with Crippen LogP contribution in [-0.2, 0) is 14.3 Å². The van der Waals surface area contributed by atoms with Gasteiger partial charge in [0.1, 0.15) is 6.04 Å². The summed E-state index contributed by atoms with van der Waals surface area (Å²) in [6, 6.07) is -0.513. The first-order valence-corrected chi connectivity index (χ1v) is 5.07. The van der Waals surface area contributed by atoms with E-state index >= 15 is 0 Å². The van der Waals surface area contributed by atoms with Crippen LogP contribution in [0.2, 0.25) is 0 Å². The number of hydrogen-bond acceptors (Lipinski definition) is 3. The zero-order valence-corrected chi connectivity index (χ0v) is 8.86. The molecule has 0 aromatic carbocycles. The predicted molar refractivity (Wildman–Crippen MR) is 53.9 cm³/mol. The molecule has 1 saturated heterocycles. The molecule has 5 heteroatoms. The van der Waals surface area contributed by atoms with Gasteiger partial charge >= 0.3 is 0 Å². The number of ether oxygens (including phenoxy) is 1. The van der Waals surface area contributed by atoms with Crippen molar-refractivity contribution in [1.29, 1.82) is 0 Å². The molecule has 2 amide bonds. The maximum atomic E-state index is 11.9. The molecule has 1 atom stereocenters. The van der Waals surface area contributed by atoms with E-state index in [0.29, 0.717) is 32.7 Å². The van der Waals surface area contributed by atoms with E-state index in [4.69, 9.17) is 11.7 Å². The highest BCUT2D eigenvalue weighted by Gasteiger charge is 2.24. The van der Waals surface area contributed by atoms with Crippen molar-refractivity contribution in [2.75, 3.05) is 26.3 Å². The van der Waals surface area contributed by atoms with Crippen LogP contribution in [0.15, 0.2) is 0 Å². The lowest BCUT2D eigenvalue weighted by molar-refractivity contribution is -0.139. The van der Waals surface area contributed by atoms with E-state index in [9.17, 15) is 9.59 Å². The number of amides is 2. The molecule has 0 aliphatic carbocycles.